The molecule has 5 heteroatoms. The number of carbonyl (C=O) groups is 1. The topological polar surface area (TPSA) is 50.2 Å². The van der Waals surface area contributed by atoms with Gasteiger partial charge in [-0.2, -0.15) is 5.10 Å². The van der Waals surface area contributed by atoms with Crippen molar-refractivity contribution in [3.63, 3.8) is 0 Å². The summed E-state index contributed by atoms with van der Waals surface area (Å²) in [6.07, 6.45) is 4.39. The largest absolute Gasteiger partial charge is 0.349 e. The average Bonchev–Trinajstić information content (AvgIpc) is 3.05. The average molecular weight is 250 g/mol. The first-order valence-corrected chi connectivity index (χ1v) is 6.60. The molecule has 0 radical (unpaired) electrons. The number of nitrogens with one attached hydrogen (secondary N) is 1. The predicted octanol–water partition coefficient (Wildman–Crippen LogP) is 0.973. The maximum Gasteiger partial charge on any atom is 0.271 e. The van der Waals surface area contributed by atoms with Crippen molar-refractivity contribution in [2.24, 2.45) is 5.92 Å². The van der Waals surface area contributed by atoms with Crippen molar-refractivity contribution in [1.82, 2.24) is 20.0 Å². The zero-order chi connectivity index (χ0) is 13.1. The maximum absolute atomic E-state index is 11.9. The molecule has 1 aromatic rings. The fourth-order valence-electron chi connectivity index (χ4n) is 2.20. The van der Waals surface area contributed by atoms with Crippen LogP contribution in [0, 0.1) is 5.92 Å². The summed E-state index contributed by atoms with van der Waals surface area (Å²) >= 11 is 0. The van der Waals surface area contributed by atoms with Gasteiger partial charge in [-0.1, -0.05) is 0 Å². The van der Waals surface area contributed by atoms with Crippen LogP contribution in [0.15, 0.2) is 12.3 Å². The third-order valence-corrected chi connectivity index (χ3v) is 3.50. The number of nitrogens with zero attached hydrogens (tertiary/aromatic N) is 3. The molecule has 0 aromatic carbocycles. The van der Waals surface area contributed by atoms with Gasteiger partial charge in [-0.05, 0) is 45.8 Å². The SMILES string of the molecule is CCn1ccc(C(=O)NCC(C2CC2)N(C)C)n1. The number of rotatable bonds is 6. The Balaban J connectivity index is 1.87. The minimum atomic E-state index is -0.0744. The molecule has 1 saturated carbocycles. The van der Waals surface area contributed by atoms with E-state index in [0.717, 1.165) is 12.5 Å². The van der Waals surface area contributed by atoms with Crippen LogP contribution in [0.1, 0.15) is 30.3 Å². The van der Waals surface area contributed by atoms with Crippen molar-refractivity contribution in [1.29, 1.82) is 0 Å². The van der Waals surface area contributed by atoms with Gasteiger partial charge in [0.05, 0.1) is 0 Å². The van der Waals surface area contributed by atoms with E-state index in [4.69, 9.17) is 0 Å². The number of amides is 1. The van der Waals surface area contributed by atoms with Gasteiger partial charge >= 0.3 is 0 Å². The van der Waals surface area contributed by atoms with Crippen LogP contribution in [-0.4, -0.2) is 47.3 Å². The molecule has 18 heavy (non-hydrogen) atoms. The lowest BCUT2D eigenvalue weighted by Crippen LogP contribution is -2.41. The Kier molecular flexibility index (Phi) is 4.01. The number of likely N-dealkylation sites (N-methyl/N-ethyl adjacent to an activating group) is 1. The molecule has 100 valence electrons. The molecule has 1 atom stereocenters. The highest BCUT2D eigenvalue weighted by atomic mass is 16.1. The van der Waals surface area contributed by atoms with Gasteiger partial charge in [0, 0.05) is 25.3 Å². The summed E-state index contributed by atoms with van der Waals surface area (Å²) in [7, 11) is 4.14. The smallest absolute Gasteiger partial charge is 0.271 e. The molecule has 1 aliphatic rings. The first-order chi connectivity index (χ1) is 8.61. The standard InChI is InChI=1S/C13H22N4O/c1-4-17-8-7-11(15-17)13(18)14-9-12(16(2)3)10-5-6-10/h7-8,10,12H,4-6,9H2,1-3H3,(H,14,18). The third-order valence-electron chi connectivity index (χ3n) is 3.50. The summed E-state index contributed by atoms with van der Waals surface area (Å²) in [6.45, 7) is 3.50. The van der Waals surface area contributed by atoms with Gasteiger partial charge in [-0.25, -0.2) is 0 Å². The molecule has 1 unspecified atom stereocenters. The van der Waals surface area contributed by atoms with Crippen LogP contribution in [0.4, 0.5) is 0 Å². The molecule has 1 aliphatic carbocycles. The van der Waals surface area contributed by atoms with Crippen LogP contribution in [0.25, 0.3) is 0 Å². The van der Waals surface area contributed by atoms with E-state index < -0.39 is 0 Å². The van der Waals surface area contributed by atoms with Gasteiger partial charge < -0.3 is 10.2 Å². The zero-order valence-corrected chi connectivity index (χ0v) is 11.4. The van der Waals surface area contributed by atoms with E-state index in [1.807, 2.05) is 13.1 Å². The molecule has 1 amide bonds. The van der Waals surface area contributed by atoms with E-state index in [9.17, 15) is 4.79 Å². The number of aromatic nitrogens is 2. The van der Waals surface area contributed by atoms with Crippen molar-refractivity contribution in [3.05, 3.63) is 18.0 Å². The first kappa shape index (κ1) is 13.1. The molecular formula is C13H22N4O. The second-order valence-corrected chi connectivity index (χ2v) is 5.14. The predicted molar refractivity (Wildman–Crippen MR) is 70.4 cm³/mol. The molecule has 1 fully saturated rings. The van der Waals surface area contributed by atoms with Crippen molar-refractivity contribution < 1.29 is 4.79 Å². The van der Waals surface area contributed by atoms with Crippen LogP contribution >= 0.6 is 0 Å². The summed E-state index contributed by atoms with van der Waals surface area (Å²) in [4.78, 5) is 14.1. The Hall–Kier alpha value is -1.36. The minimum absolute atomic E-state index is 0.0744. The van der Waals surface area contributed by atoms with Gasteiger partial charge in [0.2, 0.25) is 0 Å². The van der Waals surface area contributed by atoms with Gasteiger partial charge in [0.15, 0.2) is 0 Å². The monoisotopic (exact) mass is 250 g/mol. The van der Waals surface area contributed by atoms with Gasteiger partial charge in [0.25, 0.3) is 5.91 Å². The van der Waals surface area contributed by atoms with Gasteiger partial charge in [-0.3, -0.25) is 9.48 Å². The number of carbonyl (C=O) groups excluding carboxylic acids is 1. The maximum atomic E-state index is 11.9. The summed E-state index contributed by atoms with van der Waals surface area (Å²) in [5.74, 6) is 0.670. The highest BCUT2D eigenvalue weighted by Gasteiger charge is 2.32. The van der Waals surface area contributed by atoms with Crippen molar-refractivity contribution in [3.8, 4) is 0 Å². The molecule has 0 aliphatic heterocycles. The molecule has 1 N–H and O–H groups in total. The third kappa shape index (κ3) is 3.10. The van der Waals surface area contributed by atoms with Crippen LogP contribution in [-0.2, 0) is 6.54 Å². The summed E-state index contributed by atoms with van der Waals surface area (Å²) in [5.41, 5.74) is 0.505. The fraction of sp³-hybridized carbons (Fsp3) is 0.692. The van der Waals surface area contributed by atoms with Crippen molar-refractivity contribution in [2.45, 2.75) is 32.4 Å². The fourth-order valence-corrected chi connectivity index (χ4v) is 2.20. The summed E-state index contributed by atoms with van der Waals surface area (Å²) in [6, 6.07) is 2.21. The van der Waals surface area contributed by atoms with Crippen molar-refractivity contribution >= 4 is 5.91 Å². The molecule has 5 nitrogen and oxygen atoms in total. The van der Waals surface area contributed by atoms with E-state index in [1.165, 1.54) is 12.8 Å². The molecule has 0 spiro atoms. The molecule has 0 saturated heterocycles. The lowest BCUT2D eigenvalue weighted by Gasteiger charge is -2.24. The lowest BCUT2D eigenvalue weighted by molar-refractivity contribution is 0.0933. The Morgan fingerprint density at radius 2 is 2.33 bits per heavy atom. The lowest BCUT2D eigenvalue weighted by atomic mass is 10.1. The van der Waals surface area contributed by atoms with E-state index in [-0.39, 0.29) is 5.91 Å². The second kappa shape index (κ2) is 5.52. The minimum Gasteiger partial charge on any atom is -0.349 e. The highest BCUT2D eigenvalue weighted by Crippen LogP contribution is 2.34. The molecule has 1 heterocycles. The van der Waals surface area contributed by atoms with Crippen molar-refractivity contribution in [2.75, 3.05) is 20.6 Å². The van der Waals surface area contributed by atoms with Crippen LogP contribution in [0.2, 0.25) is 0 Å². The normalized spacial score (nSPS) is 16.9. The van der Waals surface area contributed by atoms with Gasteiger partial charge in [-0.15, -0.1) is 0 Å². The van der Waals surface area contributed by atoms with E-state index >= 15 is 0 Å². The quantitative estimate of drug-likeness (QED) is 0.818. The summed E-state index contributed by atoms with van der Waals surface area (Å²) < 4.78 is 1.76. The van der Waals surface area contributed by atoms with Crippen LogP contribution < -0.4 is 5.32 Å². The van der Waals surface area contributed by atoms with E-state index in [2.05, 4.69) is 29.4 Å². The molecule has 1 aromatic heterocycles. The van der Waals surface area contributed by atoms with Crippen LogP contribution in [0.5, 0.6) is 0 Å². The Morgan fingerprint density at radius 3 is 2.83 bits per heavy atom. The Morgan fingerprint density at radius 1 is 1.61 bits per heavy atom. The second-order valence-electron chi connectivity index (χ2n) is 5.14. The van der Waals surface area contributed by atoms with Crippen LogP contribution in [0.3, 0.4) is 0 Å². The first-order valence-electron chi connectivity index (χ1n) is 6.60. The molecule has 0 bridgehead atoms. The molecular weight excluding hydrogens is 228 g/mol. The Bertz CT molecular complexity index is 407. The number of hydrogen-bond donors (Lipinski definition) is 1. The number of hydrogen-bond acceptors (Lipinski definition) is 3. The Labute approximate surface area is 108 Å². The molecule has 2 rings (SSSR count). The van der Waals surface area contributed by atoms with Gasteiger partial charge in [0.1, 0.15) is 5.69 Å². The number of aryl methyl sites for hydroxylation is 1. The summed E-state index contributed by atoms with van der Waals surface area (Å²) in [5, 5.41) is 7.19. The van der Waals surface area contributed by atoms with E-state index in [1.54, 1.807) is 10.7 Å². The van der Waals surface area contributed by atoms with E-state index in [0.29, 0.717) is 18.3 Å². The zero-order valence-electron chi connectivity index (χ0n) is 11.4. The highest BCUT2D eigenvalue weighted by molar-refractivity contribution is 5.92.